The zero-order chi connectivity index (χ0) is 13.7. The number of rotatable bonds is 6. The Balaban J connectivity index is 0.00000200. The highest BCUT2D eigenvalue weighted by Gasteiger charge is 2.16. The number of aryl methyl sites for hydroxylation is 1. The zero-order valence-electron chi connectivity index (χ0n) is 11.9. The van der Waals surface area contributed by atoms with Crippen molar-refractivity contribution in [3.05, 3.63) is 35.6 Å². The van der Waals surface area contributed by atoms with Crippen molar-refractivity contribution < 1.29 is 9.21 Å². The maximum absolute atomic E-state index is 12.0. The van der Waals surface area contributed by atoms with Gasteiger partial charge in [0.25, 0.3) is 5.91 Å². The maximum atomic E-state index is 12.0. The molecule has 0 bridgehead atoms. The minimum atomic E-state index is -0.146. The topological polar surface area (TPSA) is 54.3 Å². The average molecular weight is 297 g/mol. The fraction of sp³-hybridized carbons (Fsp3) is 0.400. The number of furan rings is 1. The molecule has 110 valence electrons. The van der Waals surface area contributed by atoms with Gasteiger partial charge in [-0.25, -0.2) is 0 Å². The molecule has 0 saturated carbocycles. The van der Waals surface area contributed by atoms with E-state index >= 15 is 0 Å². The van der Waals surface area contributed by atoms with Gasteiger partial charge < -0.3 is 15.1 Å². The van der Waals surface area contributed by atoms with Crippen LogP contribution >= 0.6 is 12.4 Å². The average Bonchev–Trinajstić information content (AvgIpc) is 2.76. The Morgan fingerprint density at radius 3 is 2.65 bits per heavy atom. The Labute approximate surface area is 125 Å². The summed E-state index contributed by atoms with van der Waals surface area (Å²) in [7, 11) is 0. The van der Waals surface area contributed by atoms with E-state index in [1.165, 1.54) is 0 Å². The molecule has 0 fully saturated rings. The molecule has 2 N–H and O–H groups in total. The normalized spacial score (nSPS) is 10.3. The lowest BCUT2D eigenvalue weighted by molar-refractivity contribution is 0.0927. The third kappa shape index (κ3) is 3.74. The van der Waals surface area contributed by atoms with E-state index in [2.05, 4.69) is 17.6 Å². The van der Waals surface area contributed by atoms with Gasteiger partial charge in [-0.05, 0) is 26.0 Å². The van der Waals surface area contributed by atoms with Crippen molar-refractivity contribution in [2.24, 2.45) is 0 Å². The number of halogens is 1. The van der Waals surface area contributed by atoms with E-state index in [0.29, 0.717) is 12.3 Å². The van der Waals surface area contributed by atoms with Gasteiger partial charge in [0, 0.05) is 24.0 Å². The molecule has 0 saturated heterocycles. The van der Waals surface area contributed by atoms with Gasteiger partial charge >= 0.3 is 0 Å². The van der Waals surface area contributed by atoms with Crippen molar-refractivity contribution in [1.82, 2.24) is 10.6 Å². The summed E-state index contributed by atoms with van der Waals surface area (Å²) < 4.78 is 5.61. The lowest BCUT2D eigenvalue weighted by atomic mass is 10.1. The Morgan fingerprint density at radius 1 is 1.20 bits per heavy atom. The highest BCUT2D eigenvalue weighted by molar-refractivity contribution is 5.98. The number of carbonyl (C=O) groups excluding carboxylic acids is 1. The van der Waals surface area contributed by atoms with Crippen LogP contribution in [0.5, 0.6) is 0 Å². The molecular weight excluding hydrogens is 276 g/mol. The van der Waals surface area contributed by atoms with Crippen LogP contribution in [0.4, 0.5) is 0 Å². The zero-order valence-corrected chi connectivity index (χ0v) is 12.7. The predicted molar refractivity (Wildman–Crippen MR) is 83.7 cm³/mol. The molecule has 1 heterocycles. The van der Waals surface area contributed by atoms with Crippen LogP contribution in [0, 0.1) is 6.92 Å². The molecule has 0 aliphatic rings. The minimum absolute atomic E-state index is 0. The van der Waals surface area contributed by atoms with Crippen LogP contribution in [0.2, 0.25) is 0 Å². The molecule has 2 rings (SSSR count). The molecule has 0 spiro atoms. The van der Waals surface area contributed by atoms with E-state index in [0.717, 1.165) is 36.0 Å². The molecule has 1 aromatic heterocycles. The van der Waals surface area contributed by atoms with Crippen molar-refractivity contribution in [2.75, 3.05) is 19.6 Å². The Morgan fingerprint density at radius 2 is 1.95 bits per heavy atom. The summed E-state index contributed by atoms with van der Waals surface area (Å²) in [5, 5.41) is 7.10. The van der Waals surface area contributed by atoms with Gasteiger partial charge in [-0.1, -0.05) is 25.1 Å². The third-order valence-corrected chi connectivity index (χ3v) is 3.06. The number of amides is 1. The fourth-order valence-electron chi connectivity index (χ4n) is 2.04. The smallest absolute Gasteiger partial charge is 0.287 e. The predicted octanol–water partition coefficient (Wildman–Crippen LogP) is 2.89. The lowest BCUT2D eigenvalue weighted by Gasteiger charge is -2.04. The summed E-state index contributed by atoms with van der Waals surface area (Å²) in [5.41, 5.74) is 1.66. The minimum Gasteiger partial charge on any atom is -0.451 e. The maximum Gasteiger partial charge on any atom is 0.287 e. The molecule has 5 heteroatoms. The van der Waals surface area contributed by atoms with Crippen molar-refractivity contribution in [3.8, 4) is 0 Å². The second-order valence-electron chi connectivity index (χ2n) is 4.56. The van der Waals surface area contributed by atoms with Gasteiger partial charge in [-0.3, -0.25) is 4.79 Å². The summed E-state index contributed by atoms with van der Waals surface area (Å²) in [6, 6.07) is 7.69. The van der Waals surface area contributed by atoms with E-state index in [4.69, 9.17) is 4.42 Å². The Kier molecular flexibility index (Phi) is 6.55. The lowest BCUT2D eigenvalue weighted by Crippen LogP contribution is -2.32. The van der Waals surface area contributed by atoms with Crippen LogP contribution in [0.1, 0.15) is 29.5 Å². The fourth-order valence-corrected chi connectivity index (χ4v) is 2.04. The summed E-state index contributed by atoms with van der Waals surface area (Å²) in [5.74, 6) is 0.267. The quantitative estimate of drug-likeness (QED) is 0.806. The standard InChI is InChI=1S/C15H20N2O2.ClH/c1-3-8-16-9-10-17-15(18)14-11(2)12-6-4-5-7-13(12)19-14;/h4-7,16H,3,8-10H2,1-2H3,(H,17,18);1H. The molecule has 1 amide bonds. The van der Waals surface area contributed by atoms with E-state index in [1.54, 1.807) is 0 Å². The van der Waals surface area contributed by atoms with Gasteiger partial charge in [0.05, 0.1) is 0 Å². The molecule has 20 heavy (non-hydrogen) atoms. The number of nitrogens with one attached hydrogen (secondary N) is 2. The summed E-state index contributed by atoms with van der Waals surface area (Å²) in [4.78, 5) is 12.0. The van der Waals surface area contributed by atoms with Crippen molar-refractivity contribution in [1.29, 1.82) is 0 Å². The molecule has 2 aromatic rings. The Bertz CT molecular complexity index is 566. The van der Waals surface area contributed by atoms with Crippen molar-refractivity contribution >= 4 is 29.3 Å². The van der Waals surface area contributed by atoms with E-state index in [-0.39, 0.29) is 18.3 Å². The molecule has 0 aliphatic heterocycles. The summed E-state index contributed by atoms with van der Waals surface area (Å²) >= 11 is 0. The first-order valence-corrected chi connectivity index (χ1v) is 6.71. The molecule has 0 atom stereocenters. The third-order valence-electron chi connectivity index (χ3n) is 3.06. The van der Waals surface area contributed by atoms with Crippen molar-refractivity contribution in [3.63, 3.8) is 0 Å². The van der Waals surface area contributed by atoms with Gasteiger partial charge in [0.15, 0.2) is 5.76 Å². The van der Waals surface area contributed by atoms with Gasteiger partial charge in [-0.2, -0.15) is 0 Å². The molecule has 0 radical (unpaired) electrons. The number of hydrogen-bond acceptors (Lipinski definition) is 3. The van der Waals surface area contributed by atoms with E-state index in [9.17, 15) is 4.79 Å². The van der Waals surface area contributed by atoms with E-state index in [1.807, 2.05) is 31.2 Å². The summed E-state index contributed by atoms with van der Waals surface area (Å²) in [6.07, 6.45) is 1.09. The molecule has 0 unspecified atom stereocenters. The number of para-hydroxylation sites is 1. The van der Waals surface area contributed by atoms with Gasteiger partial charge in [0.1, 0.15) is 5.58 Å². The van der Waals surface area contributed by atoms with Crippen LogP contribution < -0.4 is 10.6 Å². The molecular formula is C15H21ClN2O2. The van der Waals surface area contributed by atoms with E-state index < -0.39 is 0 Å². The number of carbonyl (C=O) groups is 1. The second-order valence-corrected chi connectivity index (χ2v) is 4.56. The number of fused-ring (bicyclic) bond motifs is 1. The van der Waals surface area contributed by atoms with Gasteiger partial charge in [-0.15, -0.1) is 12.4 Å². The number of hydrogen-bond donors (Lipinski definition) is 2. The Hall–Kier alpha value is -1.52. The highest BCUT2D eigenvalue weighted by Crippen LogP contribution is 2.24. The van der Waals surface area contributed by atoms with Crippen molar-refractivity contribution in [2.45, 2.75) is 20.3 Å². The highest BCUT2D eigenvalue weighted by atomic mass is 35.5. The molecule has 0 aliphatic carbocycles. The molecule has 4 nitrogen and oxygen atoms in total. The monoisotopic (exact) mass is 296 g/mol. The first kappa shape index (κ1) is 16.5. The van der Waals surface area contributed by atoms with Crippen LogP contribution in [0.3, 0.4) is 0 Å². The van der Waals surface area contributed by atoms with Crippen LogP contribution in [-0.4, -0.2) is 25.5 Å². The van der Waals surface area contributed by atoms with Crippen LogP contribution in [0.15, 0.2) is 28.7 Å². The first-order chi connectivity index (χ1) is 9.24. The second kappa shape index (κ2) is 7.92. The largest absolute Gasteiger partial charge is 0.451 e. The summed E-state index contributed by atoms with van der Waals surface area (Å²) in [6.45, 7) is 6.38. The van der Waals surface area contributed by atoms with Gasteiger partial charge in [0.2, 0.25) is 0 Å². The molecule has 1 aromatic carbocycles. The first-order valence-electron chi connectivity index (χ1n) is 6.71. The SMILES string of the molecule is CCCNCCNC(=O)c1oc2ccccc2c1C.Cl. The van der Waals surface area contributed by atoms with Crippen LogP contribution in [0.25, 0.3) is 11.0 Å². The number of benzene rings is 1. The van der Waals surface area contributed by atoms with Crippen LogP contribution in [-0.2, 0) is 0 Å².